The van der Waals surface area contributed by atoms with Crippen LogP contribution < -0.4 is 0 Å². The number of nitrogens with one attached hydrogen (secondary N) is 1. The van der Waals surface area contributed by atoms with Gasteiger partial charge in [0.25, 0.3) is 0 Å². The van der Waals surface area contributed by atoms with Gasteiger partial charge < -0.3 is 5.11 Å². The second-order valence-electron chi connectivity index (χ2n) is 6.16. The third kappa shape index (κ3) is 3.07. The van der Waals surface area contributed by atoms with E-state index in [0.717, 1.165) is 28.0 Å². The van der Waals surface area contributed by atoms with Crippen molar-refractivity contribution < 1.29 is 5.11 Å². The van der Waals surface area contributed by atoms with E-state index in [1.807, 2.05) is 61.6 Å². The van der Waals surface area contributed by atoms with Crippen LogP contribution in [0.3, 0.4) is 0 Å². The highest BCUT2D eigenvalue weighted by molar-refractivity contribution is 5.75. The predicted octanol–water partition coefficient (Wildman–Crippen LogP) is 5.62. The highest BCUT2D eigenvalue weighted by Crippen LogP contribution is 2.34. The van der Waals surface area contributed by atoms with Crippen LogP contribution in [0, 0.1) is 6.92 Å². The molecule has 0 radical (unpaired) electrons. The molecule has 2 N–H and O–H groups in total. The van der Waals surface area contributed by atoms with Crippen LogP contribution in [0.5, 0.6) is 0 Å². The smallest absolute Gasteiger partial charge is 0.203 e. The maximum atomic E-state index is 10.1. The summed E-state index contributed by atoms with van der Waals surface area (Å²) in [5.41, 5.74) is 5.51. The maximum absolute atomic E-state index is 10.1. The molecule has 4 rings (SSSR count). The molecular formula is C21H18N4O. The highest BCUT2D eigenvalue weighted by Gasteiger charge is 2.16. The SMILES string of the molecule is Cc1[nH]nc(N=NC2=CC=C(O)C3=CC=CC=C2C3)c1-c1ccccc1. The van der Waals surface area contributed by atoms with Crippen molar-refractivity contribution in [2.45, 2.75) is 13.3 Å². The van der Waals surface area contributed by atoms with Crippen LogP contribution in [0.2, 0.25) is 0 Å². The van der Waals surface area contributed by atoms with E-state index in [4.69, 9.17) is 0 Å². The zero-order valence-corrected chi connectivity index (χ0v) is 14.3. The molecule has 2 aliphatic rings. The van der Waals surface area contributed by atoms with E-state index in [-0.39, 0.29) is 5.76 Å². The number of aromatic nitrogens is 2. The van der Waals surface area contributed by atoms with Crippen LogP contribution in [0.15, 0.2) is 99.6 Å². The first kappa shape index (κ1) is 16.0. The summed E-state index contributed by atoms with van der Waals surface area (Å²) in [5, 5.41) is 26.2. The van der Waals surface area contributed by atoms with Crippen LogP contribution >= 0.6 is 0 Å². The Hall–Kier alpha value is -3.47. The molecule has 5 nitrogen and oxygen atoms in total. The van der Waals surface area contributed by atoms with Crippen molar-refractivity contribution in [3.63, 3.8) is 0 Å². The number of azo groups is 1. The third-order valence-electron chi connectivity index (χ3n) is 4.39. The van der Waals surface area contributed by atoms with Gasteiger partial charge in [0.15, 0.2) is 0 Å². The number of hydrogen-bond donors (Lipinski definition) is 2. The Morgan fingerprint density at radius 3 is 2.54 bits per heavy atom. The summed E-state index contributed by atoms with van der Waals surface area (Å²) >= 11 is 0. The van der Waals surface area contributed by atoms with Gasteiger partial charge >= 0.3 is 0 Å². The second-order valence-corrected chi connectivity index (χ2v) is 6.16. The number of allylic oxidation sites excluding steroid dienone is 8. The lowest BCUT2D eigenvalue weighted by Gasteiger charge is -2.05. The minimum absolute atomic E-state index is 0.258. The predicted molar refractivity (Wildman–Crippen MR) is 102 cm³/mol. The summed E-state index contributed by atoms with van der Waals surface area (Å²) in [7, 11) is 0. The molecule has 0 saturated heterocycles. The molecule has 1 heterocycles. The van der Waals surface area contributed by atoms with E-state index < -0.39 is 0 Å². The number of aromatic amines is 1. The van der Waals surface area contributed by atoms with Gasteiger partial charge in [-0.25, -0.2) is 0 Å². The number of aliphatic hydroxyl groups excluding tert-OH is 1. The van der Waals surface area contributed by atoms with Crippen molar-refractivity contribution >= 4 is 5.82 Å². The molecule has 0 fully saturated rings. The van der Waals surface area contributed by atoms with E-state index in [1.165, 1.54) is 0 Å². The van der Waals surface area contributed by atoms with Crippen LogP contribution in [-0.4, -0.2) is 15.3 Å². The molecule has 2 aromatic rings. The van der Waals surface area contributed by atoms with Crippen LogP contribution in [0.4, 0.5) is 5.82 Å². The number of aryl methyl sites for hydroxylation is 1. The Balaban J connectivity index is 1.71. The van der Waals surface area contributed by atoms with Crippen LogP contribution in [0.1, 0.15) is 12.1 Å². The van der Waals surface area contributed by atoms with Gasteiger partial charge in [-0.2, -0.15) is 5.10 Å². The fourth-order valence-electron chi connectivity index (χ4n) is 3.03. The fourth-order valence-corrected chi connectivity index (χ4v) is 3.03. The molecule has 2 aliphatic carbocycles. The van der Waals surface area contributed by atoms with E-state index in [0.29, 0.717) is 17.9 Å². The lowest BCUT2D eigenvalue weighted by atomic mass is 10.0. The lowest BCUT2D eigenvalue weighted by Crippen LogP contribution is -1.90. The second kappa shape index (κ2) is 6.80. The molecule has 128 valence electrons. The largest absolute Gasteiger partial charge is 0.508 e. The molecule has 1 aromatic heterocycles. The van der Waals surface area contributed by atoms with Gasteiger partial charge in [0, 0.05) is 12.1 Å². The minimum Gasteiger partial charge on any atom is -0.508 e. The molecule has 0 saturated carbocycles. The Morgan fingerprint density at radius 1 is 0.962 bits per heavy atom. The van der Waals surface area contributed by atoms with Gasteiger partial charge in [-0.1, -0.05) is 54.6 Å². The van der Waals surface area contributed by atoms with Crippen molar-refractivity contribution in [1.82, 2.24) is 10.2 Å². The Morgan fingerprint density at radius 2 is 1.73 bits per heavy atom. The number of H-pyrrole nitrogens is 1. The standard InChI is InChI=1S/C21H18N4O/c1-14-20(15-7-3-2-4-8-15)21(24-22-14)25-23-18-11-12-19(26)17-10-6-5-9-16(18)13-17/h2-12,26H,13H2,1H3,(H,22,24). The Labute approximate surface area is 151 Å². The molecule has 5 heteroatoms. The summed E-state index contributed by atoms with van der Waals surface area (Å²) in [5.74, 6) is 0.806. The Bertz CT molecular complexity index is 1020. The fraction of sp³-hybridized carbons (Fsp3) is 0.0952. The highest BCUT2D eigenvalue weighted by atomic mass is 16.3. The molecule has 1 aromatic carbocycles. The first-order valence-corrected chi connectivity index (χ1v) is 8.42. The molecule has 0 aliphatic heterocycles. The molecule has 0 unspecified atom stereocenters. The average molecular weight is 342 g/mol. The van der Waals surface area contributed by atoms with Crippen molar-refractivity contribution in [3.05, 3.63) is 95.1 Å². The monoisotopic (exact) mass is 342 g/mol. The molecule has 26 heavy (non-hydrogen) atoms. The third-order valence-corrected chi connectivity index (χ3v) is 4.39. The molecule has 0 atom stereocenters. The van der Waals surface area contributed by atoms with Crippen molar-refractivity contribution in [2.75, 3.05) is 0 Å². The van der Waals surface area contributed by atoms with E-state index >= 15 is 0 Å². The first-order chi connectivity index (χ1) is 12.7. The molecule has 0 spiro atoms. The summed E-state index contributed by atoms with van der Waals surface area (Å²) < 4.78 is 0. The topological polar surface area (TPSA) is 73.6 Å². The molecule has 2 bridgehead atoms. The van der Waals surface area contributed by atoms with Gasteiger partial charge in [0.2, 0.25) is 5.82 Å². The summed E-state index contributed by atoms with van der Waals surface area (Å²) in [6.07, 6.45) is 11.8. The first-order valence-electron chi connectivity index (χ1n) is 8.42. The van der Waals surface area contributed by atoms with E-state index in [2.05, 4.69) is 20.4 Å². The number of rotatable bonds is 3. The number of aliphatic hydroxyl groups is 1. The summed E-state index contributed by atoms with van der Waals surface area (Å²) in [4.78, 5) is 0. The average Bonchev–Trinajstić information content (AvgIpc) is 2.83. The lowest BCUT2D eigenvalue weighted by molar-refractivity contribution is 0.421. The molecular weight excluding hydrogens is 324 g/mol. The number of hydrogen-bond acceptors (Lipinski definition) is 4. The Kier molecular flexibility index (Phi) is 4.19. The normalized spacial score (nSPS) is 16.5. The van der Waals surface area contributed by atoms with Gasteiger partial charge in [-0.15, -0.1) is 10.2 Å². The van der Waals surface area contributed by atoms with Crippen LogP contribution in [0.25, 0.3) is 11.1 Å². The number of nitrogens with zero attached hydrogens (tertiary/aromatic N) is 3. The van der Waals surface area contributed by atoms with Gasteiger partial charge in [0.05, 0.1) is 11.3 Å². The minimum atomic E-state index is 0.258. The van der Waals surface area contributed by atoms with Crippen molar-refractivity contribution in [3.8, 4) is 11.1 Å². The number of benzene rings is 1. The zero-order chi connectivity index (χ0) is 17.9. The van der Waals surface area contributed by atoms with Crippen molar-refractivity contribution in [2.24, 2.45) is 10.2 Å². The summed E-state index contributed by atoms with van der Waals surface area (Å²) in [6.45, 7) is 1.97. The molecule has 0 amide bonds. The van der Waals surface area contributed by atoms with E-state index in [9.17, 15) is 5.11 Å². The van der Waals surface area contributed by atoms with Gasteiger partial charge in [-0.05, 0) is 35.8 Å². The van der Waals surface area contributed by atoms with Gasteiger partial charge in [0.1, 0.15) is 5.76 Å². The van der Waals surface area contributed by atoms with Crippen molar-refractivity contribution in [1.29, 1.82) is 0 Å². The van der Waals surface area contributed by atoms with Gasteiger partial charge in [-0.3, -0.25) is 5.10 Å². The van der Waals surface area contributed by atoms with Crippen LogP contribution in [-0.2, 0) is 0 Å². The summed E-state index contributed by atoms with van der Waals surface area (Å²) in [6, 6.07) is 10.0. The zero-order valence-electron chi connectivity index (χ0n) is 14.3. The number of fused-ring (bicyclic) bond motifs is 2. The maximum Gasteiger partial charge on any atom is 0.203 e. The quantitative estimate of drug-likeness (QED) is 0.710. The van der Waals surface area contributed by atoms with E-state index in [1.54, 1.807) is 12.2 Å².